The molecule has 3 aromatic rings. The Hall–Kier alpha value is -5.85. The van der Waals surface area contributed by atoms with E-state index in [1.54, 1.807) is 13.8 Å². The van der Waals surface area contributed by atoms with Crippen LogP contribution in [0.25, 0.3) is 11.0 Å². The van der Waals surface area contributed by atoms with Crippen LogP contribution in [0.1, 0.15) is 25.5 Å². The number of carbonyl (C=O) groups excluding carboxylic acids is 5. The molecule has 18 nitrogen and oxygen atoms in total. The lowest BCUT2D eigenvalue weighted by Crippen LogP contribution is -2.71. The number of carboxylic acid groups (broad SMARTS) is 1. The smallest absolute Gasteiger partial charge is 0.508 e. The second kappa shape index (κ2) is 13.3. The first-order valence-electron chi connectivity index (χ1n) is 14.4. The van der Waals surface area contributed by atoms with Crippen LogP contribution in [0.3, 0.4) is 0 Å². The monoisotopic (exact) mass is 699 g/mol. The number of carboxylic acids is 1. The average Bonchev–Trinajstić information content (AvgIpc) is 3.31. The SMILES string of the molecule is COC(=O)Oc1cccc2c(=O)n(CC(=O)NCC(=O)N[C@@H](C(=O)N[C@@H]3C(=O)N4C3SC(C)(C)C4C(=O)O)c3ccc(O)cc3)c(=O)oc12. The molecule has 3 heterocycles. The lowest BCUT2D eigenvalue weighted by molar-refractivity contribution is -0.161. The van der Waals surface area contributed by atoms with E-state index in [-0.39, 0.29) is 28.0 Å². The molecule has 2 unspecified atom stereocenters. The number of fused-ring (bicyclic) bond motifs is 2. The maximum absolute atomic E-state index is 13.4. The van der Waals surface area contributed by atoms with E-state index in [1.165, 1.54) is 59.1 Å². The molecule has 0 radical (unpaired) electrons. The van der Waals surface area contributed by atoms with Crippen molar-refractivity contribution in [3.05, 3.63) is 68.9 Å². The number of methoxy groups -OCH3 is 1. The van der Waals surface area contributed by atoms with E-state index in [9.17, 15) is 48.6 Å². The topological polar surface area (TPSA) is 253 Å². The predicted octanol–water partition coefficient (Wildman–Crippen LogP) is -0.589. The molecular formula is C30H29N5O13S. The third-order valence-corrected chi connectivity index (χ3v) is 9.31. The number of phenols is 1. The molecule has 19 heteroatoms. The van der Waals surface area contributed by atoms with Gasteiger partial charge in [-0.3, -0.25) is 24.0 Å². The van der Waals surface area contributed by atoms with E-state index >= 15 is 0 Å². The Morgan fingerprint density at radius 1 is 1.04 bits per heavy atom. The zero-order valence-corrected chi connectivity index (χ0v) is 26.8. The fraction of sp³-hybridized carbons (Fsp3) is 0.333. The van der Waals surface area contributed by atoms with E-state index in [2.05, 4.69) is 20.7 Å². The summed E-state index contributed by atoms with van der Waals surface area (Å²) in [4.78, 5) is 102. The molecule has 2 aromatic carbocycles. The third-order valence-electron chi connectivity index (χ3n) is 7.74. The number of nitrogens with one attached hydrogen (secondary N) is 3. The number of aromatic nitrogens is 1. The zero-order valence-electron chi connectivity index (χ0n) is 26.0. The normalized spacial score (nSPS) is 19.6. The summed E-state index contributed by atoms with van der Waals surface area (Å²) in [5.41, 5.74) is -1.10. The fourth-order valence-electron chi connectivity index (χ4n) is 5.45. The Morgan fingerprint density at radius 2 is 1.73 bits per heavy atom. The summed E-state index contributed by atoms with van der Waals surface area (Å²) in [5, 5.41) is 25.8. The van der Waals surface area contributed by atoms with Gasteiger partial charge in [0.05, 0.1) is 19.0 Å². The van der Waals surface area contributed by atoms with Gasteiger partial charge in [-0.05, 0) is 43.7 Å². The molecule has 2 saturated heterocycles. The number of hydrogen-bond donors (Lipinski definition) is 5. The van der Waals surface area contributed by atoms with Crippen LogP contribution in [-0.2, 0) is 35.3 Å². The molecule has 258 valence electrons. The van der Waals surface area contributed by atoms with E-state index in [0.29, 0.717) is 4.57 Å². The van der Waals surface area contributed by atoms with Gasteiger partial charge in [-0.1, -0.05) is 18.2 Å². The van der Waals surface area contributed by atoms with Crippen LogP contribution in [0.5, 0.6) is 11.5 Å². The minimum atomic E-state index is -1.42. The summed E-state index contributed by atoms with van der Waals surface area (Å²) in [6.07, 6.45) is -1.13. The molecule has 2 fully saturated rings. The summed E-state index contributed by atoms with van der Waals surface area (Å²) < 4.78 is 14.0. The van der Waals surface area contributed by atoms with Gasteiger partial charge in [0, 0.05) is 4.75 Å². The van der Waals surface area contributed by atoms with Crippen molar-refractivity contribution in [2.75, 3.05) is 13.7 Å². The number of β-lactam (4-membered cyclic amide) rings is 1. The number of carbonyl (C=O) groups is 6. The Bertz CT molecular complexity index is 1990. The van der Waals surface area contributed by atoms with E-state index in [1.807, 2.05) is 0 Å². The highest BCUT2D eigenvalue weighted by Gasteiger charge is 2.64. The molecule has 0 spiro atoms. The maximum Gasteiger partial charge on any atom is 0.513 e. The van der Waals surface area contributed by atoms with Gasteiger partial charge in [-0.25, -0.2) is 19.0 Å². The van der Waals surface area contributed by atoms with Crippen molar-refractivity contribution >= 4 is 58.5 Å². The molecule has 4 atom stereocenters. The highest BCUT2D eigenvalue weighted by Crippen LogP contribution is 2.50. The van der Waals surface area contributed by atoms with Gasteiger partial charge in [0.25, 0.3) is 5.56 Å². The minimum Gasteiger partial charge on any atom is -0.508 e. The van der Waals surface area contributed by atoms with E-state index < -0.39 is 88.4 Å². The van der Waals surface area contributed by atoms with Crippen LogP contribution in [0.4, 0.5) is 4.79 Å². The molecule has 2 aliphatic rings. The van der Waals surface area contributed by atoms with E-state index in [0.717, 1.165) is 7.11 Å². The summed E-state index contributed by atoms with van der Waals surface area (Å²) in [5.74, 6) is -6.10. The average molecular weight is 700 g/mol. The van der Waals surface area contributed by atoms with Crippen molar-refractivity contribution in [1.29, 1.82) is 0 Å². The van der Waals surface area contributed by atoms with Crippen LogP contribution in [0.2, 0.25) is 0 Å². The molecule has 0 saturated carbocycles. The summed E-state index contributed by atoms with van der Waals surface area (Å²) in [6.45, 7) is 1.78. The first-order chi connectivity index (χ1) is 23.1. The largest absolute Gasteiger partial charge is 0.513 e. The predicted molar refractivity (Wildman–Crippen MR) is 167 cm³/mol. The Kier molecular flexibility index (Phi) is 9.39. The number of para-hydroxylation sites is 1. The standard InChI is InChI=1S/C30H29N5O13S/c1-30(2)22(27(42)43)35-25(41)20(26(35)49-30)33-23(39)19(13-7-9-14(36)10-8-13)32-17(37)11-31-18(38)12-34-24(40)15-5-4-6-16(47-29(45)46-3)21(15)48-28(34)44/h4-10,19-20,22,26,36H,11-12H2,1-3H3,(H,31,38)(H,32,37)(H,33,39)(H,42,43)/t19-,20-,22?,26?/m1/s1. The Balaban J connectivity index is 1.26. The molecule has 1 aromatic heterocycles. The summed E-state index contributed by atoms with van der Waals surface area (Å²) >= 11 is 1.21. The van der Waals surface area contributed by atoms with Gasteiger partial charge in [0.2, 0.25) is 23.6 Å². The lowest BCUT2D eigenvalue weighted by atomic mass is 9.95. The lowest BCUT2D eigenvalue weighted by Gasteiger charge is -2.44. The van der Waals surface area contributed by atoms with Crippen molar-refractivity contribution in [2.24, 2.45) is 0 Å². The first-order valence-corrected chi connectivity index (χ1v) is 15.3. The van der Waals surface area contributed by atoms with Crippen molar-refractivity contribution in [3.8, 4) is 11.5 Å². The molecule has 0 aliphatic carbocycles. The van der Waals surface area contributed by atoms with Gasteiger partial charge in [-0.2, -0.15) is 0 Å². The number of phenolic OH excluding ortho intramolecular Hbond substituents is 1. The molecule has 4 amide bonds. The highest BCUT2D eigenvalue weighted by molar-refractivity contribution is 8.01. The molecule has 5 N–H and O–H groups in total. The van der Waals surface area contributed by atoms with Crippen LogP contribution >= 0.6 is 11.8 Å². The number of aromatic hydroxyl groups is 1. The van der Waals surface area contributed by atoms with Crippen LogP contribution in [0.15, 0.2) is 56.5 Å². The quantitative estimate of drug-likeness (QED) is 0.101. The Labute approximate surface area is 279 Å². The van der Waals surface area contributed by atoms with Gasteiger partial charge in [0.15, 0.2) is 11.3 Å². The van der Waals surface area contributed by atoms with E-state index in [4.69, 9.17) is 9.15 Å². The zero-order chi connectivity index (χ0) is 35.8. The van der Waals surface area contributed by atoms with Crippen molar-refractivity contribution in [1.82, 2.24) is 25.4 Å². The van der Waals surface area contributed by atoms with Gasteiger partial charge < -0.3 is 45.0 Å². The van der Waals surface area contributed by atoms with Crippen LogP contribution in [-0.4, -0.2) is 91.3 Å². The first kappa shape index (κ1) is 34.5. The number of amides is 4. The third kappa shape index (κ3) is 6.77. The number of thioether (sulfide) groups is 1. The van der Waals surface area contributed by atoms with Crippen molar-refractivity contribution < 1.29 is 52.9 Å². The van der Waals surface area contributed by atoms with Crippen molar-refractivity contribution in [3.63, 3.8) is 0 Å². The molecule has 5 rings (SSSR count). The minimum absolute atomic E-state index is 0.128. The number of aliphatic carboxylic acids is 1. The second-order valence-corrected chi connectivity index (χ2v) is 13.2. The summed E-state index contributed by atoms with van der Waals surface area (Å²) in [6, 6.07) is 5.52. The molecular weight excluding hydrogens is 670 g/mol. The fourth-order valence-corrected chi connectivity index (χ4v) is 7.07. The van der Waals surface area contributed by atoms with Crippen LogP contribution < -0.4 is 32.0 Å². The van der Waals surface area contributed by atoms with Crippen LogP contribution in [0, 0.1) is 0 Å². The number of benzene rings is 2. The van der Waals surface area contributed by atoms with Gasteiger partial charge in [-0.15, -0.1) is 11.8 Å². The molecule has 2 aliphatic heterocycles. The molecule has 49 heavy (non-hydrogen) atoms. The van der Waals surface area contributed by atoms with Gasteiger partial charge in [0.1, 0.15) is 35.8 Å². The Morgan fingerprint density at radius 3 is 2.39 bits per heavy atom. The summed E-state index contributed by atoms with van der Waals surface area (Å²) in [7, 11) is 1.05. The highest BCUT2D eigenvalue weighted by atomic mass is 32.2. The second-order valence-electron chi connectivity index (χ2n) is 11.4. The number of hydrogen-bond acceptors (Lipinski definition) is 13. The maximum atomic E-state index is 13.4. The molecule has 0 bridgehead atoms. The van der Waals surface area contributed by atoms with Crippen molar-refractivity contribution in [2.45, 2.75) is 48.6 Å². The van der Waals surface area contributed by atoms with Gasteiger partial charge >= 0.3 is 17.9 Å². The number of ether oxygens (including phenoxy) is 2. The number of rotatable bonds is 10. The number of nitrogens with zero attached hydrogens (tertiary/aromatic N) is 2.